The molecule has 1 aromatic rings. The predicted molar refractivity (Wildman–Crippen MR) is 86.3 cm³/mol. The molecule has 0 unspecified atom stereocenters. The number of hydrazine groups is 1. The van der Waals surface area contributed by atoms with Crippen LogP contribution in [0.4, 0.5) is 5.69 Å². The van der Waals surface area contributed by atoms with Crippen LogP contribution < -0.4 is 15.6 Å². The van der Waals surface area contributed by atoms with E-state index in [2.05, 4.69) is 10.9 Å². The van der Waals surface area contributed by atoms with Crippen LogP contribution >= 0.6 is 0 Å². The van der Waals surface area contributed by atoms with E-state index >= 15 is 0 Å². The van der Waals surface area contributed by atoms with Gasteiger partial charge in [-0.05, 0) is 24.5 Å². The topological polar surface area (TPSA) is 145 Å². The van der Waals surface area contributed by atoms with Crippen molar-refractivity contribution in [2.24, 2.45) is 5.92 Å². The minimum Gasteiger partial charge on any atom is -0.484 e. The normalized spacial score (nSPS) is 18.3. The van der Waals surface area contributed by atoms with Gasteiger partial charge in [-0.3, -0.25) is 30.6 Å². The first-order chi connectivity index (χ1) is 11.7. The third kappa shape index (κ3) is 6.03. The van der Waals surface area contributed by atoms with E-state index in [0.717, 1.165) is 0 Å². The molecule has 0 saturated carbocycles. The van der Waals surface area contributed by atoms with Crippen LogP contribution in [0.15, 0.2) is 24.3 Å². The van der Waals surface area contributed by atoms with Crippen LogP contribution in [0.2, 0.25) is 0 Å². The Morgan fingerprint density at radius 1 is 1.20 bits per heavy atom. The maximum Gasteiger partial charge on any atom is 0.276 e. The van der Waals surface area contributed by atoms with Crippen LogP contribution in [0.5, 0.6) is 5.75 Å². The van der Waals surface area contributed by atoms with Crippen molar-refractivity contribution in [3.8, 4) is 5.75 Å². The van der Waals surface area contributed by atoms with Crippen LogP contribution in [-0.2, 0) is 19.4 Å². The quantitative estimate of drug-likeness (QED) is 0.526. The standard InChI is InChI=1S/C14H17N3O7S/c18-13(7-10-5-6-25(22,23)9-10)15-16-14(19)8-24-12-3-1-11(2-4-12)17(20)21/h1-4,10H,5-9H2,(H,15,18)(H,16,19)/t10-/m1/s1. The highest BCUT2D eigenvalue weighted by atomic mass is 32.2. The number of nitro groups is 1. The molecule has 2 rings (SSSR count). The number of sulfone groups is 1. The van der Waals surface area contributed by atoms with Crippen LogP contribution in [-0.4, -0.2) is 43.3 Å². The highest BCUT2D eigenvalue weighted by molar-refractivity contribution is 7.91. The Hall–Kier alpha value is -2.69. The average molecular weight is 371 g/mol. The molecule has 0 radical (unpaired) electrons. The molecule has 1 aliphatic heterocycles. The number of hydrogen-bond acceptors (Lipinski definition) is 7. The Morgan fingerprint density at radius 2 is 1.84 bits per heavy atom. The molecule has 136 valence electrons. The summed E-state index contributed by atoms with van der Waals surface area (Å²) in [7, 11) is -3.05. The lowest BCUT2D eigenvalue weighted by molar-refractivity contribution is -0.384. The van der Waals surface area contributed by atoms with Gasteiger partial charge in [-0.15, -0.1) is 0 Å². The van der Waals surface area contributed by atoms with Gasteiger partial charge in [-0.2, -0.15) is 0 Å². The molecule has 1 atom stereocenters. The summed E-state index contributed by atoms with van der Waals surface area (Å²) in [5.74, 6) is -1.00. The summed E-state index contributed by atoms with van der Waals surface area (Å²) in [4.78, 5) is 33.2. The third-order valence-electron chi connectivity index (χ3n) is 3.56. The van der Waals surface area contributed by atoms with Gasteiger partial charge in [-0.25, -0.2) is 8.42 Å². The van der Waals surface area contributed by atoms with Gasteiger partial charge in [0.1, 0.15) is 5.75 Å². The number of carbonyl (C=O) groups is 2. The molecular formula is C14H17N3O7S. The van der Waals surface area contributed by atoms with Crippen LogP contribution in [0.1, 0.15) is 12.8 Å². The zero-order valence-electron chi connectivity index (χ0n) is 13.1. The second-order valence-corrected chi connectivity index (χ2v) is 7.84. The highest BCUT2D eigenvalue weighted by Crippen LogP contribution is 2.21. The Morgan fingerprint density at radius 3 is 2.40 bits per heavy atom. The predicted octanol–water partition coefficient (Wildman–Crippen LogP) is -0.0542. The molecule has 2 amide bonds. The molecule has 1 saturated heterocycles. The van der Waals surface area contributed by atoms with E-state index in [1.165, 1.54) is 24.3 Å². The molecule has 1 heterocycles. The van der Waals surface area contributed by atoms with Crippen LogP contribution in [0.3, 0.4) is 0 Å². The van der Waals surface area contributed by atoms with Crippen molar-refractivity contribution >= 4 is 27.3 Å². The summed E-state index contributed by atoms with van der Waals surface area (Å²) in [5.41, 5.74) is 4.25. The monoisotopic (exact) mass is 371 g/mol. The third-order valence-corrected chi connectivity index (χ3v) is 5.40. The van der Waals surface area contributed by atoms with Gasteiger partial charge in [-0.1, -0.05) is 0 Å². The number of carbonyl (C=O) groups excluding carboxylic acids is 2. The summed E-state index contributed by atoms with van der Waals surface area (Å²) in [6, 6.07) is 5.18. The van der Waals surface area contributed by atoms with Crippen molar-refractivity contribution in [3.63, 3.8) is 0 Å². The van der Waals surface area contributed by atoms with E-state index in [9.17, 15) is 28.1 Å². The Kier molecular flexibility index (Phi) is 5.91. The van der Waals surface area contributed by atoms with Gasteiger partial charge in [0.05, 0.1) is 16.4 Å². The molecule has 10 nitrogen and oxygen atoms in total. The minimum absolute atomic E-state index is 0.0162. The molecule has 2 N–H and O–H groups in total. The number of benzene rings is 1. The fourth-order valence-electron chi connectivity index (χ4n) is 2.33. The van der Waals surface area contributed by atoms with E-state index in [1.54, 1.807) is 0 Å². The van der Waals surface area contributed by atoms with Crippen molar-refractivity contribution < 1.29 is 27.7 Å². The summed E-state index contributed by atoms with van der Waals surface area (Å²) >= 11 is 0. The van der Waals surface area contributed by atoms with Gasteiger partial charge < -0.3 is 4.74 Å². The van der Waals surface area contributed by atoms with Gasteiger partial charge >= 0.3 is 0 Å². The van der Waals surface area contributed by atoms with Crippen molar-refractivity contribution in [3.05, 3.63) is 34.4 Å². The largest absolute Gasteiger partial charge is 0.484 e. The number of nitrogens with one attached hydrogen (secondary N) is 2. The fraction of sp³-hybridized carbons (Fsp3) is 0.429. The van der Waals surface area contributed by atoms with Crippen LogP contribution in [0, 0.1) is 16.0 Å². The molecule has 0 bridgehead atoms. The lowest BCUT2D eigenvalue weighted by Crippen LogP contribution is -2.44. The summed E-state index contributed by atoms with van der Waals surface area (Å²) in [5, 5.41) is 10.5. The Bertz CT molecular complexity index is 761. The number of amides is 2. The van der Waals surface area contributed by atoms with E-state index in [4.69, 9.17) is 4.74 Å². The van der Waals surface area contributed by atoms with E-state index in [0.29, 0.717) is 6.42 Å². The number of ether oxygens (including phenoxy) is 1. The van der Waals surface area contributed by atoms with Crippen molar-refractivity contribution in [2.45, 2.75) is 12.8 Å². The van der Waals surface area contributed by atoms with Gasteiger partial charge in [0.25, 0.3) is 11.6 Å². The SMILES string of the molecule is O=C(COc1ccc([N+](=O)[O-])cc1)NNC(=O)C[C@H]1CCS(=O)(=O)C1. The van der Waals surface area contributed by atoms with Crippen molar-refractivity contribution in [1.29, 1.82) is 0 Å². The maximum absolute atomic E-state index is 11.7. The first-order valence-electron chi connectivity index (χ1n) is 7.40. The summed E-state index contributed by atoms with van der Waals surface area (Å²) in [6.07, 6.45) is 0.454. The Balaban J connectivity index is 1.68. The molecule has 1 aliphatic rings. The molecule has 1 aromatic carbocycles. The van der Waals surface area contributed by atoms with E-state index < -0.39 is 33.2 Å². The molecular weight excluding hydrogens is 354 g/mol. The van der Waals surface area contributed by atoms with Gasteiger partial charge in [0.15, 0.2) is 16.4 Å². The number of hydrogen-bond donors (Lipinski definition) is 2. The first-order valence-corrected chi connectivity index (χ1v) is 9.23. The molecule has 25 heavy (non-hydrogen) atoms. The average Bonchev–Trinajstić information content (AvgIpc) is 2.90. The minimum atomic E-state index is -3.05. The number of non-ortho nitro benzene ring substituents is 1. The lowest BCUT2D eigenvalue weighted by atomic mass is 10.1. The van der Waals surface area contributed by atoms with E-state index in [1.807, 2.05) is 0 Å². The van der Waals surface area contributed by atoms with Gasteiger partial charge in [0.2, 0.25) is 5.91 Å². The molecule has 1 fully saturated rings. The zero-order chi connectivity index (χ0) is 18.4. The number of nitrogens with zero attached hydrogens (tertiary/aromatic N) is 1. The van der Waals surface area contributed by atoms with Crippen LogP contribution in [0.25, 0.3) is 0 Å². The second kappa shape index (κ2) is 7.92. The summed E-state index contributed by atoms with van der Waals surface area (Å²) < 4.78 is 27.8. The Labute approximate surface area is 143 Å². The first kappa shape index (κ1) is 18.6. The fourth-order valence-corrected chi connectivity index (χ4v) is 4.20. The van der Waals surface area contributed by atoms with Gasteiger partial charge in [0, 0.05) is 18.6 Å². The molecule has 11 heteroatoms. The van der Waals surface area contributed by atoms with E-state index in [-0.39, 0.29) is 35.3 Å². The second-order valence-electron chi connectivity index (χ2n) is 5.61. The zero-order valence-corrected chi connectivity index (χ0v) is 14.0. The maximum atomic E-state index is 11.7. The lowest BCUT2D eigenvalue weighted by Gasteiger charge is -2.10. The highest BCUT2D eigenvalue weighted by Gasteiger charge is 2.29. The molecule has 0 aromatic heterocycles. The smallest absolute Gasteiger partial charge is 0.276 e. The molecule has 0 spiro atoms. The summed E-state index contributed by atoms with van der Waals surface area (Å²) in [6.45, 7) is -0.393. The molecule has 0 aliphatic carbocycles. The van der Waals surface area contributed by atoms with Crippen molar-refractivity contribution in [1.82, 2.24) is 10.9 Å². The van der Waals surface area contributed by atoms with Crippen molar-refractivity contribution in [2.75, 3.05) is 18.1 Å². The number of rotatable bonds is 6. The number of nitro benzene ring substituents is 1.